The number of carbonyl (C=O) groups excluding carboxylic acids is 2. The van der Waals surface area contributed by atoms with Crippen molar-refractivity contribution in [1.29, 1.82) is 0 Å². The zero-order valence-electron chi connectivity index (χ0n) is 19.9. The monoisotopic (exact) mass is 470 g/mol. The molecule has 0 unspecified atom stereocenters. The topological polar surface area (TPSA) is 52.6 Å². The van der Waals surface area contributed by atoms with E-state index in [-0.39, 0.29) is 0 Å². The number of benzene rings is 4. The number of methoxy groups -OCH3 is 2. The van der Waals surface area contributed by atoms with Crippen LogP contribution in [0.25, 0.3) is 11.1 Å². The van der Waals surface area contributed by atoms with Crippen molar-refractivity contribution in [2.24, 2.45) is 0 Å². The molecule has 4 aromatic rings. The lowest BCUT2D eigenvalue weighted by atomic mass is 9.92. The predicted molar refractivity (Wildman–Crippen MR) is 139 cm³/mol. The lowest BCUT2D eigenvalue weighted by Gasteiger charge is -2.11. The van der Waals surface area contributed by atoms with Gasteiger partial charge in [0.25, 0.3) is 0 Å². The maximum absolute atomic E-state index is 12.2. The van der Waals surface area contributed by atoms with Crippen molar-refractivity contribution in [1.82, 2.24) is 0 Å². The van der Waals surface area contributed by atoms with Gasteiger partial charge in [-0.2, -0.15) is 0 Å². The third-order valence-electron chi connectivity index (χ3n) is 5.40. The largest absolute Gasteiger partial charge is 0.465 e. The number of carbonyl (C=O) groups is 2. The van der Waals surface area contributed by atoms with E-state index in [1.165, 1.54) is 14.2 Å². The minimum atomic E-state index is -0.450. The molecule has 0 heterocycles. The van der Waals surface area contributed by atoms with E-state index in [1.807, 2.05) is 72.8 Å². The number of rotatable bonds is 3. The SMILES string of the molecule is COC(=O)c1ccc(-c2ccc(C(=O)OC)cc2C#Cc2ccccc2)c(C#Cc2ccccc2)c1. The Labute approximate surface area is 210 Å². The molecule has 0 atom stereocenters. The maximum Gasteiger partial charge on any atom is 0.337 e. The van der Waals surface area contributed by atoms with Crippen LogP contribution in [0.1, 0.15) is 43.0 Å². The highest BCUT2D eigenvalue weighted by Gasteiger charge is 2.15. The van der Waals surface area contributed by atoms with Gasteiger partial charge in [-0.1, -0.05) is 72.2 Å². The van der Waals surface area contributed by atoms with Crippen LogP contribution in [0, 0.1) is 23.7 Å². The second-order valence-electron chi connectivity index (χ2n) is 7.74. The minimum absolute atomic E-state index is 0.390. The van der Waals surface area contributed by atoms with E-state index in [1.54, 1.807) is 24.3 Å². The standard InChI is InChI=1S/C32H22O4/c1-35-31(33)27-17-19-29(25(21-27)15-13-23-9-5-3-6-10-23)30-20-18-28(32(34)36-2)22-26(30)16-14-24-11-7-4-8-12-24/h3-12,17-22H,1-2H3. The summed E-state index contributed by atoms with van der Waals surface area (Å²) in [4.78, 5) is 24.4. The molecule has 174 valence electrons. The molecule has 0 amide bonds. The van der Waals surface area contributed by atoms with Crippen molar-refractivity contribution in [2.75, 3.05) is 14.2 Å². The van der Waals surface area contributed by atoms with Crippen LogP contribution in [0.5, 0.6) is 0 Å². The van der Waals surface area contributed by atoms with Crippen molar-refractivity contribution >= 4 is 11.9 Å². The number of hydrogen-bond acceptors (Lipinski definition) is 4. The summed E-state index contributed by atoms with van der Waals surface area (Å²) in [5.74, 6) is 11.8. The molecule has 0 saturated carbocycles. The van der Waals surface area contributed by atoms with E-state index in [0.29, 0.717) is 22.3 Å². The highest BCUT2D eigenvalue weighted by Crippen LogP contribution is 2.29. The molecule has 0 aromatic heterocycles. The molecule has 4 aromatic carbocycles. The summed E-state index contributed by atoms with van der Waals surface area (Å²) in [5.41, 5.74) is 5.29. The zero-order chi connectivity index (χ0) is 25.3. The van der Waals surface area contributed by atoms with Gasteiger partial charge in [0, 0.05) is 22.3 Å². The fourth-order valence-corrected chi connectivity index (χ4v) is 3.58. The Morgan fingerprint density at radius 2 is 0.917 bits per heavy atom. The van der Waals surface area contributed by atoms with Crippen LogP contribution in [0.15, 0.2) is 97.1 Å². The van der Waals surface area contributed by atoms with E-state index < -0.39 is 11.9 Å². The minimum Gasteiger partial charge on any atom is -0.465 e. The summed E-state index contributed by atoms with van der Waals surface area (Å²) < 4.78 is 9.81. The molecule has 0 saturated heterocycles. The Kier molecular flexibility index (Phi) is 7.61. The third kappa shape index (κ3) is 5.70. The van der Waals surface area contributed by atoms with Crippen LogP contribution in [0.4, 0.5) is 0 Å². The Balaban J connectivity index is 1.90. The molecule has 0 N–H and O–H groups in total. The fourth-order valence-electron chi connectivity index (χ4n) is 3.58. The molecule has 0 aliphatic rings. The quantitative estimate of drug-likeness (QED) is 0.284. The van der Waals surface area contributed by atoms with E-state index in [9.17, 15) is 9.59 Å². The first-order chi connectivity index (χ1) is 17.6. The Morgan fingerprint density at radius 1 is 0.528 bits per heavy atom. The van der Waals surface area contributed by atoms with Crippen molar-refractivity contribution in [2.45, 2.75) is 0 Å². The zero-order valence-corrected chi connectivity index (χ0v) is 19.9. The Hall–Kier alpha value is -5.06. The average molecular weight is 471 g/mol. The predicted octanol–water partition coefficient (Wildman–Crippen LogP) is 5.73. The summed E-state index contributed by atoms with van der Waals surface area (Å²) >= 11 is 0. The van der Waals surface area contributed by atoms with E-state index in [0.717, 1.165) is 22.3 Å². The molecule has 0 aliphatic heterocycles. The van der Waals surface area contributed by atoms with E-state index in [2.05, 4.69) is 23.7 Å². The molecule has 36 heavy (non-hydrogen) atoms. The van der Waals surface area contributed by atoms with E-state index >= 15 is 0 Å². The van der Waals surface area contributed by atoms with Gasteiger partial charge in [0.05, 0.1) is 25.3 Å². The molecule has 0 bridgehead atoms. The van der Waals surface area contributed by atoms with Crippen LogP contribution in [-0.4, -0.2) is 26.2 Å². The van der Waals surface area contributed by atoms with Crippen LogP contribution in [0.3, 0.4) is 0 Å². The molecular formula is C32H22O4. The average Bonchev–Trinajstić information content (AvgIpc) is 2.95. The molecular weight excluding hydrogens is 448 g/mol. The molecule has 0 spiro atoms. The first-order valence-corrected chi connectivity index (χ1v) is 11.2. The lowest BCUT2D eigenvalue weighted by Crippen LogP contribution is -2.04. The number of esters is 2. The first kappa shape index (κ1) is 24.1. The van der Waals surface area contributed by atoms with Gasteiger partial charge in [-0.05, 0) is 59.7 Å². The molecule has 0 aliphatic carbocycles. The van der Waals surface area contributed by atoms with Gasteiger partial charge in [-0.25, -0.2) is 9.59 Å². The molecule has 4 nitrogen and oxygen atoms in total. The van der Waals surface area contributed by atoms with Gasteiger partial charge in [-0.3, -0.25) is 0 Å². The van der Waals surface area contributed by atoms with Crippen LogP contribution < -0.4 is 0 Å². The third-order valence-corrected chi connectivity index (χ3v) is 5.40. The van der Waals surface area contributed by atoms with Crippen LogP contribution in [-0.2, 0) is 9.47 Å². The molecule has 4 heteroatoms. The smallest absolute Gasteiger partial charge is 0.337 e. The summed E-state index contributed by atoms with van der Waals surface area (Å²) in [5, 5.41) is 0. The van der Waals surface area contributed by atoms with Crippen LogP contribution >= 0.6 is 0 Å². The van der Waals surface area contributed by atoms with Gasteiger partial charge in [0.1, 0.15) is 0 Å². The Morgan fingerprint density at radius 3 is 1.28 bits per heavy atom. The summed E-state index contributed by atoms with van der Waals surface area (Å²) in [6.07, 6.45) is 0. The Bertz CT molecular complexity index is 1410. The van der Waals surface area contributed by atoms with Gasteiger partial charge in [0.15, 0.2) is 0 Å². The van der Waals surface area contributed by atoms with Gasteiger partial charge < -0.3 is 9.47 Å². The number of hydrogen-bond donors (Lipinski definition) is 0. The first-order valence-electron chi connectivity index (χ1n) is 11.2. The van der Waals surface area contributed by atoms with Gasteiger partial charge in [0.2, 0.25) is 0 Å². The fraction of sp³-hybridized carbons (Fsp3) is 0.0625. The second kappa shape index (κ2) is 11.4. The summed E-state index contributed by atoms with van der Waals surface area (Å²) in [7, 11) is 2.68. The molecule has 4 rings (SSSR count). The molecule has 0 radical (unpaired) electrons. The molecule has 0 fully saturated rings. The van der Waals surface area contributed by atoms with Crippen molar-refractivity contribution in [3.63, 3.8) is 0 Å². The normalized spacial score (nSPS) is 9.72. The second-order valence-corrected chi connectivity index (χ2v) is 7.74. The lowest BCUT2D eigenvalue weighted by molar-refractivity contribution is 0.0592. The van der Waals surface area contributed by atoms with Crippen molar-refractivity contribution in [3.8, 4) is 34.8 Å². The summed E-state index contributed by atoms with van der Waals surface area (Å²) in [6.45, 7) is 0. The highest BCUT2D eigenvalue weighted by molar-refractivity contribution is 5.93. The maximum atomic E-state index is 12.2. The highest BCUT2D eigenvalue weighted by atomic mass is 16.5. The van der Waals surface area contributed by atoms with Crippen molar-refractivity contribution in [3.05, 3.63) is 130 Å². The van der Waals surface area contributed by atoms with Crippen LogP contribution in [0.2, 0.25) is 0 Å². The van der Waals surface area contributed by atoms with Gasteiger partial charge >= 0.3 is 11.9 Å². The number of ether oxygens (including phenoxy) is 2. The summed E-state index contributed by atoms with van der Waals surface area (Å²) in [6, 6.07) is 29.6. The van der Waals surface area contributed by atoms with Gasteiger partial charge in [-0.15, -0.1) is 0 Å². The van der Waals surface area contributed by atoms with Crippen molar-refractivity contribution < 1.29 is 19.1 Å². The van der Waals surface area contributed by atoms with E-state index in [4.69, 9.17) is 9.47 Å².